The van der Waals surface area contributed by atoms with E-state index >= 15 is 0 Å². The summed E-state index contributed by atoms with van der Waals surface area (Å²) in [5, 5.41) is 9.77. The number of halogens is 1. The van der Waals surface area contributed by atoms with Gasteiger partial charge in [0.2, 0.25) is 0 Å². The Bertz CT molecular complexity index is 656. The highest BCUT2D eigenvalue weighted by atomic mass is 35.5. The lowest BCUT2D eigenvalue weighted by molar-refractivity contribution is 0.0691. The summed E-state index contributed by atoms with van der Waals surface area (Å²) in [6.45, 7) is 0.928. The quantitative estimate of drug-likeness (QED) is 0.735. The van der Waals surface area contributed by atoms with Crippen LogP contribution < -0.4 is 4.74 Å². The molecule has 0 radical (unpaired) electrons. The highest BCUT2D eigenvalue weighted by molar-refractivity contribution is 6.31. The topological polar surface area (TPSA) is 55.8 Å². The van der Waals surface area contributed by atoms with E-state index in [1.165, 1.54) is 6.07 Å². The van der Waals surface area contributed by atoms with E-state index in [-0.39, 0.29) is 5.56 Å². The number of hydrogen-bond acceptors (Lipinski definition) is 3. The third-order valence-corrected chi connectivity index (χ3v) is 3.76. The zero-order valence-electron chi connectivity index (χ0n) is 12.9. The number of ether oxygens (including phenoxy) is 2. The maximum Gasteiger partial charge on any atom is 0.339 e. The standard InChI is InChI=1S/C18H19ClO4/c1-22-9-5-8-14-10-17(15(18(20)21)11-16(14)19)23-12-13-6-3-2-4-7-13/h2-4,6-7,10-11H,5,8-9,12H2,1H3,(H,20,21). The third kappa shape index (κ3) is 4.98. The van der Waals surface area contributed by atoms with Gasteiger partial charge in [-0.3, -0.25) is 0 Å². The van der Waals surface area contributed by atoms with E-state index in [9.17, 15) is 9.90 Å². The molecule has 2 aromatic carbocycles. The maximum absolute atomic E-state index is 11.4. The van der Waals surface area contributed by atoms with Gasteiger partial charge in [-0.2, -0.15) is 0 Å². The molecule has 23 heavy (non-hydrogen) atoms. The molecule has 2 rings (SSSR count). The van der Waals surface area contributed by atoms with Gasteiger partial charge >= 0.3 is 5.97 Å². The van der Waals surface area contributed by atoms with Crippen molar-refractivity contribution in [3.05, 3.63) is 64.2 Å². The first-order valence-corrected chi connectivity index (χ1v) is 7.71. The van der Waals surface area contributed by atoms with Crippen LogP contribution in [-0.4, -0.2) is 24.8 Å². The van der Waals surface area contributed by atoms with Crippen LogP contribution in [0, 0.1) is 0 Å². The Balaban J connectivity index is 2.20. The smallest absolute Gasteiger partial charge is 0.339 e. The molecular weight excluding hydrogens is 316 g/mol. The molecule has 0 spiro atoms. The summed E-state index contributed by atoms with van der Waals surface area (Å²) in [6, 6.07) is 12.8. The Morgan fingerprint density at radius 1 is 1.22 bits per heavy atom. The first kappa shape index (κ1) is 17.3. The number of rotatable bonds is 8. The van der Waals surface area contributed by atoms with Gasteiger partial charge < -0.3 is 14.6 Å². The van der Waals surface area contributed by atoms with Crippen LogP contribution in [0.3, 0.4) is 0 Å². The summed E-state index contributed by atoms with van der Waals surface area (Å²) in [4.78, 5) is 11.4. The molecule has 5 heteroatoms. The molecule has 2 aromatic rings. The Morgan fingerprint density at radius 2 is 1.96 bits per heavy atom. The van der Waals surface area contributed by atoms with E-state index in [1.807, 2.05) is 30.3 Å². The summed E-state index contributed by atoms with van der Waals surface area (Å²) < 4.78 is 10.7. The third-order valence-electron chi connectivity index (χ3n) is 3.41. The van der Waals surface area contributed by atoms with Gasteiger partial charge in [-0.05, 0) is 36.1 Å². The molecule has 0 atom stereocenters. The van der Waals surface area contributed by atoms with Gasteiger partial charge in [0.15, 0.2) is 0 Å². The average Bonchev–Trinajstić information content (AvgIpc) is 2.55. The first-order chi connectivity index (χ1) is 11.1. The lowest BCUT2D eigenvalue weighted by Crippen LogP contribution is -2.05. The monoisotopic (exact) mass is 334 g/mol. The highest BCUT2D eigenvalue weighted by Gasteiger charge is 2.15. The van der Waals surface area contributed by atoms with Crippen LogP contribution >= 0.6 is 11.6 Å². The molecule has 0 unspecified atom stereocenters. The van der Waals surface area contributed by atoms with E-state index in [4.69, 9.17) is 21.1 Å². The van der Waals surface area contributed by atoms with Gasteiger partial charge in [0.25, 0.3) is 0 Å². The minimum Gasteiger partial charge on any atom is -0.488 e. The van der Waals surface area contributed by atoms with Crippen molar-refractivity contribution in [2.24, 2.45) is 0 Å². The van der Waals surface area contributed by atoms with E-state index in [2.05, 4.69) is 0 Å². The zero-order chi connectivity index (χ0) is 16.7. The Hall–Kier alpha value is -2.04. The molecule has 0 aromatic heterocycles. The van der Waals surface area contributed by atoms with Crippen LogP contribution in [0.4, 0.5) is 0 Å². The van der Waals surface area contributed by atoms with Gasteiger partial charge in [0.1, 0.15) is 17.9 Å². The largest absolute Gasteiger partial charge is 0.488 e. The molecule has 0 aliphatic heterocycles. The van der Waals surface area contributed by atoms with Crippen molar-refractivity contribution >= 4 is 17.6 Å². The van der Waals surface area contributed by atoms with Gasteiger partial charge in [-0.1, -0.05) is 41.9 Å². The zero-order valence-corrected chi connectivity index (χ0v) is 13.7. The molecule has 0 bridgehead atoms. The van der Waals surface area contributed by atoms with Crippen LogP contribution in [0.15, 0.2) is 42.5 Å². The van der Waals surface area contributed by atoms with E-state index in [0.717, 1.165) is 17.5 Å². The molecule has 1 N–H and O–H groups in total. The number of aromatic carboxylic acids is 1. The Kier molecular flexibility index (Phi) is 6.44. The minimum atomic E-state index is -1.06. The number of carboxylic acid groups (broad SMARTS) is 1. The molecule has 0 aliphatic rings. The number of aryl methyl sites for hydroxylation is 1. The van der Waals surface area contributed by atoms with E-state index < -0.39 is 5.97 Å². The Morgan fingerprint density at radius 3 is 2.61 bits per heavy atom. The summed E-state index contributed by atoms with van der Waals surface area (Å²) in [5.74, 6) is -0.725. The Labute approximate surface area is 140 Å². The summed E-state index contributed by atoms with van der Waals surface area (Å²) in [5.41, 5.74) is 1.90. The molecule has 0 saturated carbocycles. The van der Waals surface area contributed by atoms with Crippen molar-refractivity contribution in [2.45, 2.75) is 19.4 Å². The lowest BCUT2D eigenvalue weighted by atomic mass is 10.1. The highest BCUT2D eigenvalue weighted by Crippen LogP contribution is 2.29. The fourth-order valence-electron chi connectivity index (χ4n) is 2.22. The second kappa shape index (κ2) is 8.56. The second-order valence-electron chi connectivity index (χ2n) is 5.12. The number of methoxy groups -OCH3 is 1. The number of hydrogen-bond donors (Lipinski definition) is 1. The molecule has 0 saturated heterocycles. The summed E-state index contributed by atoms with van der Waals surface area (Å²) in [6.07, 6.45) is 1.51. The van der Waals surface area contributed by atoms with Crippen molar-refractivity contribution in [1.29, 1.82) is 0 Å². The SMILES string of the molecule is COCCCc1cc(OCc2ccccc2)c(C(=O)O)cc1Cl. The predicted octanol–water partition coefficient (Wildman–Crippen LogP) is 4.20. The molecule has 122 valence electrons. The van der Waals surface area contributed by atoms with Gasteiger partial charge in [0, 0.05) is 18.7 Å². The molecule has 0 aliphatic carbocycles. The molecule has 0 heterocycles. The lowest BCUT2D eigenvalue weighted by Gasteiger charge is -2.13. The maximum atomic E-state index is 11.4. The van der Waals surface area contributed by atoms with Gasteiger partial charge in [-0.25, -0.2) is 4.79 Å². The summed E-state index contributed by atoms with van der Waals surface area (Å²) >= 11 is 6.18. The van der Waals surface area contributed by atoms with Crippen molar-refractivity contribution in [3.63, 3.8) is 0 Å². The molecular formula is C18H19ClO4. The van der Waals surface area contributed by atoms with Crippen molar-refractivity contribution in [1.82, 2.24) is 0 Å². The van der Waals surface area contributed by atoms with Crippen LogP contribution in [0.25, 0.3) is 0 Å². The van der Waals surface area contributed by atoms with Crippen LogP contribution in [0.1, 0.15) is 27.9 Å². The number of carboxylic acids is 1. The van der Waals surface area contributed by atoms with Crippen LogP contribution in [-0.2, 0) is 17.8 Å². The van der Waals surface area contributed by atoms with Crippen molar-refractivity contribution in [3.8, 4) is 5.75 Å². The van der Waals surface area contributed by atoms with Crippen LogP contribution in [0.2, 0.25) is 5.02 Å². The van der Waals surface area contributed by atoms with Gasteiger partial charge in [-0.15, -0.1) is 0 Å². The summed E-state index contributed by atoms with van der Waals surface area (Å²) in [7, 11) is 1.64. The second-order valence-corrected chi connectivity index (χ2v) is 5.52. The fourth-order valence-corrected chi connectivity index (χ4v) is 2.47. The van der Waals surface area contributed by atoms with Crippen LogP contribution in [0.5, 0.6) is 5.75 Å². The molecule has 0 fully saturated rings. The predicted molar refractivity (Wildman–Crippen MR) is 89.4 cm³/mol. The molecule has 4 nitrogen and oxygen atoms in total. The minimum absolute atomic E-state index is 0.0708. The van der Waals surface area contributed by atoms with E-state index in [1.54, 1.807) is 13.2 Å². The van der Waals surface area contributed by atoms with E-state index in [0.29, 0.717) is 30.4 Å². The normalized spacial score (nSPS) is 10.5. The first-order valence-electron chi connectivity index (χ1n) is 7.33. The number of carbonyl (C=O) groups is 1. The van der Waals surface area contributed by atoms with Crippen molar-refractivity contribution in [2.75, 3.05) is 13.7 Å². The van der Waals surface area contributed by atoms with Crippen molar-refractivity contribution < 1.29 is 19.4 Å². The molecule has 0 amide bonds. The van der Waals surface area contributed by atoms with Gasteiger partial charge in [0.05, 0.1) is 0 Å². The number of benzene rings is 2. The average molecular weight is 335 g/mol. The fraction of sp³-hybridized carbons (Fsp3) is 0.278.